The lowest BCUT2D eigenvalue weighted by Crippen LogP contribution is -2.47. The van der Waals surface area contributed by atoms with E-state index < -0.39 is 6.04 Å². The number of nitrogens with zero attached hydrogens (tertiary/aromatic N) is 1. The molecule has 14 heavy (non-hydrogen) atoms. The molecule has 1 atom stereocenters. The summed E-state index contributed by atoms with van der Waals surface area (Å²) in [7, 11) is 0. The highest BCUT2D eigenvalue weighted by atomic mass is 16.1. The van der Waals surface area contributed by atoms with Crippen molar-refractivity contribution in [3.63, 3.8) is 0 Å². The Labute approximate surface area is 84.6 Å². The van der Waals surface area contributed by atoms with Crippen molar-refractivity contribution < 1.29 is 4.79 Å². The van der Waals surface area contributed by atoms with Gasteiger partial charge in [0.15, 0.2) is 0 Å². The van der Waals surface area contributed by atoms with Crippen molar-refractivity contribution in [1.82, 2.24) is 4.90 Å². The van der Waals surface area contributed by atoms with Crippen LogP contribution in [0.25, 0.3) is 0 Å². The summed E-state index contributed by atoms with van der Waals surface area (Å²) in [6, 6.07) is 0.190. The molecule has 1 amide bonds. The molecule has 0 aromatic carbocycles. The molecule has 2 aliphatic rings. The molecule has 4 heteroatoms. The molecule has 0 radical (unpaired) electrons. The third kappa shape index (κ3) is 2.69. The van der Waals surface area contributed by atoms with Crippen LogP contribution < -0.4 is 11.5 Å². The van der Waals surface area contributed by atoms with Crippen LogP contribution in [0.4, 0.5) is 0 Å². The highest BCUT2D eigenvalue weighted by Gasteiger charge is 2.34. The van der Waals surface area contributed by atoms with Crippen molar-refractivity contribution in [2.24, 2.45) is 17.4 Å². The number of primary amides is 1. The quantitative estimate of drug-likeness (QED) is 0.612. The highest BCUT2D eigenvalue weighted by molar-refractivity contribution is 5.79. The summed E-state index contributed by atoms with van der Waals surface area (Å²) in [6.45, 7) is 1.77. The minimum atomic E-state index is -0.491. The first-order chi connectivity index (χ1) is 6.66. The van der Waals surface area contributed by atoms with Crippen molar-refractivity contribution in [3.05, 3.63) is 0 Å². The van der Waals surface area contributed by atoms with E-state index in [1.54, 1.807) is 0 Å². The highest BCUT2D eigenvalue weighted by Crippen LogP contribution is 2.34. The molecule has 0 spiro atoms. The largest absolute Gasteiger partial charge is 0.368 e. The maximum Gasteiger partial charge on any atom is 0.235 e. The second kappa shape index (κ2) is 3.87. The van der Waals surface area contributed by atoms with Crippen LogP contribution in [0.1, 0.15) is 25.7 Å². The van der Waals surface area contributed by atoms with Gasteiger partial charge in [-0.2, -0.15) is 0 Å². The number of hydrogen-bond donors (Lipinski definition) is 2. The van der Waals surface area contributed by atoms with E-state index in [2.05, 4.69) is 4.90 Å². The van der Waals surface area contributed by atoms with Gasteiger partial charge in [-0.05, 0) is 31.6 Å². The molecule has 0 aromatic heterocycles. The van der Waals surface area contributed by atoms with E-state index in [1.807, 2.05) is 0 Å². The fourth-order valence-corrected chi connectivity index (χ4v) is 1.79. The average molecular weight is 197 g/mol. The van der Waals surface area contributed by atoms with Gasteiger partial charge in [0.1, 0.15) is 0 Å². The topological polar surface area (TPSA) is 72.3 Å². The normalized spacial score (nSPS) is 23.9. The predicted molar refractivity (Wildman–Crippen MR) is 54.5 cm³/mol. The van der Waals surface area contributed by atoms with Gasteiger partial charge in [-0.25, -0.2) is 0 Å². The zero-order chi connectivity index (χ0) is 10.1. The van der Waals surface area contributed by atoms with Crippen LogP contribution in [-0.4, -0.2) is 36.0 Å². The van der Waals surface area contributed by atoms with E-state index in [-0.39, 0.29) is 5.91 Å². The molecule has 0 bridgehead atoms. The summed E-state index contributed by atoms with van der Waals surface area (Å²) in [5.41, 5.74) is 10.8. The molecular weight excluding hydrogens is 178 g/mol. The molecule has 1 unspecified atom stereocenters. The Balaban J connectivity index is 1.79. The first kappa shape index (κ1) is 9.93. The maximum absolute atomic E-state index is 10.8. The molecule has 0 aromatic rings. The van der Waals surface area contributed by atoms with Gasteiger partial charge in [0.2, 0.25) is 5.91 Å². The van der Waals surface area contributed by atoms with Gasteiger partial charge in [-0.15, -0.1) is 0 Å². The van der Waals surface area contributed by atoms with E-state index in [4.69, 9.17) is 11.5 Å². The van der Waals surface area contributed by atoms with Crippen LogP contribution in [0.15, 0.2) is 0 Å². The lowest BCUT2D eigenvalue weighted by molar-refractivity contribution is -0.119. The van der Waals surface area contributed by atoms with Crippen LogP contribution in [0.5, 0.6) is 0 Å². The summed E-state index contributed by atoms with van der Waals surface area (Å²) < 4.78 is 0. The molecule has 0 aliphatic heterocycles. The van der Waals surface area contributed by atoms with E-state index in [1.165, 1.54) is 25.7 Å². The van der Waals surface area contributed by atoms with Crippen molar-refractivity contribution >= 4 is 5.91 Å². The van der Waals surface area contributed by atoms with Crippen molar-refractivity contribution in [1.29, 1.82) is 0 Å². The zero-order valence-electron chi connectivity index (χ0n) is 8.48. The molecule has 4 N–H and O–H groups in total. The fourth-order valence-electron chi connectivity index (χ4n) is 1.79. The molecule has 2 fully saturated rings. The Hall–Kier alpha value is -0.610. The molecule has 0 saturated heterocycles. The van der Waals surface area contributed by atoms with Gasteiger partial charge < -0.3 is 11.5 Å². The Bertz CT molecular complexity index is 223. The third-order valence-corrected chi connectivity index (χ3v) is 3.05. The molecule has 80 valence electrons. The van der Waals surface area contributed by atoms with Gasteiger partial charge in [0, 0.05) is 19.1 Å². The summed E-state index contributed by atoms with van der Waals surface area (Å²) in [5.74, 6) is 0.474. The second-order valence-electron chi connectivity index (χ2n) is 4.64. The second-order valence-corrected chi connectivity index (χ2v) is 4.64. The van der Waals surface area contributed by atoms with Crippen molar-refractivity contribution in [2.75, 3.05) is 13.1 Å². The number of nitrogens with two attached hydrogens (primary N) is 2. The number of carbonyl (C=O) groups excluding carboxylic acids is 1. The lowest BCUT2D eigenvalue weighted by Gasteiger charge is -2.23. The van der Waals surface area contributed by atoms with Gasteiger partial charge in [0.25, 0.3) is 0 Å². The van der Waals surface area contributed by atoms with E-state index in [9.17, 15) is 4.79 Å². The molecule has 4 nitrogen and oxygen atoms in total. The van der Waals surface area contributed by atoms with Crippen molar-refractivity contribution in [3.8, 4) is 0 Å². The maximum atomic E-state index is 10.8. The van der Waals surface area contributed by atoms with Gasteiger partial charge in [0.05, 0.1) is 6.04 Å². The zero-order valence-corrected chi connectivity index (χ0v) is 8.48. The number of amides is 1. The number of rotatable bonds is 6. The van der Waals surface area contributed by atoms with Gasteiger partial charge in [-0.1, -0.05) is 0 Å². The van der Waals surface area contributed by atoms with Gasteiger partial charge >= 0.3 is 0 Å². The molecule has 0 heterocycles. The Morgan fingerprint density at radius 1 is 1.36 bits per heavy atom. The Morgan fingerprint density at radius 2 is 2.00 bits per heavy atom. The molecule has 2 aliphatic carbocycles. The monoisotopic (exact) mass is 197 g/mol. The lowest BCUT2D eigenvalue weighted by atomic mass is 10.2. The molecular formula is C10H19N3O. The summed E-state index contributed by atoms with van der Waals surface area (Å²) in [5, 5.41) is 0. The summed E-state index contributed by atoms with van der Waals surface area (Å²) in [6.07, 6.45) is 5.21. The molecule has 2 rings (SSSR count). The molecule has 2 saturated carbocycles. The number of hydrogen-bond acceptors (Lipinski definition) is 3. The van der Waals surface area contributed by atoms with Gasteiger partial charge in [-0.3, -0.25) is 9.69 Å². The first-order valence-corrected chi connectivity index (χ1v) is 5.45. The van der Waals surface area contributed by atoms with E-state index in [0.717, 1.165) is 12.5 Å². The minimum absolute atomic E-state index is 0.383. The van der Waals surface area contributed by atoms with Crippen LogP contribution in [0, 0.1) is 5.92 Å². The Kier molecular flexibility index (Phi) is 2.74. The van der Waals surface area contributed by atoms with Crippen LogP contribution in [0.3, 0.4) is 0 Å². The van der Waals surface area contributed by atoms with E-state index >= 15 is 0 Å². The van der Waals surface area contributed by atoms with Crippen LogP contribution in [-0.2, 0) is 4.79 Å². The predicted octanol–water partition coefficient (Wildman–Crippen LogP) is -0.327. The summed E-state index contributed by atoms with van der Waals surface area (Å²) >= 11 is 0. The smallest absolute Gasteiger partial charge is 0.235 e. The van der Waals surface area contributed by atoms with E-state index in [0.29, 0.717) is 12.6 Å². The third-order valence-electron chi connectivity index (χ3n) is 3.05. The standard InChI is InChI=1S/C10H19N3O/c11-9(10(12)14)6-13(8-3-4-8)5-7-1-2-7/h7-9H,1-6,11H2,(H2,12,14). The van der Waals surface area contributed by atoms with Crippen LogP contribution >= 0.6 is 0 Å². The number of carbonyl (C=O) groups is 1. The van der Waals surface area contributed by atoms with Crippen LogP contribution in [0.2, 0.25) is 0 Å². The average Bonchev–Trinajstić information content (AvgIpc) is 2.98. The SMILES string of the molecule is NC(=O)C(N)CN(CC1CC1)C1CC1. The minimum Gasteiger partial charge on any atom is -0.368 e. The first-order valence-electron chi connectivity index (χ1n) is 5.45. The Morgan fingerprint density at radius 3 is 2.43 bits per heavy atom. The fraction of sp³-hybridized carbons (Fsp3) is 0.900. The van der Waals surface area contributed by atoms with Crippen molar-refractivity contribution in [2.45, 2.75) is 37.8 Å². The summed E-state index contributed by atoms with van der Waals surface area (Å²) in [4.78, 5) is 13.2.